The first-order valence-corrected chi connectivity index (χ1v) is 3.18. The average Bonchev–Trinajstić information content (AvgIpc) is 2.14. The Balaban J connectivity index is 0.000000640. The predicted octanol–water partition coefficient (Wildman–Crippen LogP) is 0.819. The lowest BCUT2D eigenvalue weighted by atomic mass is 10.4. The van der Waals surface area contributed by atoms with Crippen LogP contribution in [0.5, 0.6) is 0 Å². The molecule has 2 unspecified atom stereocenters. The number of rotatable bonds is 1. The first kappa shape index (κ1) is 8.99. The number of hydrogen-bond acceptors (Lipinski definition) is 3. The van der Waals surface area contributed by atoms with Crippen molar-refractivity contribution < 1.29 is 14.3 Å². The summed E-state index contributed by atoms with van der Waals surface area (Å²) in [5.74, 6) is 0. The number of carbonyl (C=O) groups excluding carboxylic acids is 1. The molecule has 1 saturated heterocycles. The van der Waals surface area contributed by atoms with Crippen LogP contribution in [0.4, 0.5) is 4.79 Å². The van der Waals surface area contributed by atoms with Gasteiger partial charge in [-0.1, -0.05) is 0 Å². The molecule has 0 N–H and O–H groups in total. The lowest BCUT2D eigenvalue weighted by Crippen LogP contribution is -2.10. The van der Waals surface area contributed by atoms with Crippen LogP contribution in [0.2, 0.25) is 0 Å². The topological polar surface area (TPSA) is 35.5 Å². The summed E-state index contributed by atoms with van der Waals surface area (Å²) in [6.07, 6.45) is 0.177. The van der Waals surface area contributed by atoms with Gasteiger partial charge in [0.05, 0.1) is 0 Å². The molecule has 5 heteroatoms. The molecule has 0 spiro atoms. The van der Waals surface area contributed by atoms with E-state index in [1.807, 2.05) is 0 Å². The van der Waals surface area contributed by atoms with Gasteiger partial charge in [-0.15, -0.1) is 21.6 Å². The van der Waals surface area contributed by atoms with E-state index in [4.69, 9.17) is 0 Å². The van der Waals surface area contributed by atoms with Gasteiger partial charge in [0.2, 0.25) is 0 Å². The second-order valence-electron chi connectivity index (χ2n) is 1.54. The monoisotopic (exact) mass is 170 g/mol. The van der Waals surface area contributed by atoms with Crippen LogP contribution in [0.3, 0.4) is 0 Å². The molecule has 0 aromatic rings. The Morgan fingerprint density at radius 1 is 1.78 bits per heavy atom. The van der Waals surface area contributed by atoms with Crippen molar-refractivity contribution in [2.45, 2.75) is 6.10 Å². The molecule has 1 aliphatic rings. The maximum absolute atomic E-state index is 10.2. The third kappa shape index (κ3) is 2.37. The second-order valence-corrected chi connectivity index (χ2v) is 2.01. The Labute approximate surface area is 61.7 Å². The highest BCUT2D eigenvalue weighted by atomic mass is 35.5. The van der Waals surface area contributed by atoms with Crippen molar-refractivity contribution >= 4 is 27.8 Å². The highest BCUT2D eigenvalue weighted by Crippen LogP contribution is 2.07. The molecule has 0 aromatic carbocycles. The molecule has 1 rings (SSSR count). The minimum Gasteiger partial charge on any atom is -0.430 e. The van der Waals surface area contributed by atoms with Gasteiger partial charge in [0.15, 0.2) is 0 Å². The molecule has 0 saturated carbocycles. The zero-order valence-corrected chi connectivity index (χ0v) is 6.67. The van der Waals surface area contributed by atoms with E-state index >= 15 is 0 Å². The van der Waals surface area contributed by atoms with E-state index in [0.717, 1.165) is 6.16 Å². The molecule has 0 radical (unpaired) electrons. The van der Waals surface area contributed by atoms with Gasteiger partial charge < -0.3 is 9.47 Å². The number of carbonyl (C=O) groups is 1. The van der Waals surface area contributed by atoms with Crippen molar-refractivity contribution in [2.75, 3.05) is 12.8 Å². The number of halogens is 1. The molecule has 0 aromatic heterocycles. The normalized spacial score (nSPS) is 24.1. The van der Waals surface area contributed by atoms with Crippen molar-refractivity contribution in [1.29, 1.82) is 0 Å². The van der Waals surface area contributed by atoms with Crippen LogP contribution in [0.15, 0.2) is 0 Å². The second kappa shape index (κ2) is 3.91. The highest BCUT2D eigenvalue weighted by Gasteiger charge is 2.22. The number of cyclic esters (lactones) is 2. The van der Waals surface area contributed by atoms with Crippen LogP contribution in [0.1, 0.15) is 0 Å². The maximum Gasteiger partial charge on any atom is 0.508 e. The van der Waals surface area contributed by atoms with Gasteiger partial charge in [0, 0.05) is 6.16 Å². The van der Waals surface area contributed by atoms with E-state index in [1.54, 1.807) is 0 Å². The Morgan fingerprint density at radius 3 is 2.67 bits per heavy atom. The molecule has 0 aliphatic carbocycles. The van der Waals surface area contributed by atoms with Crippen molar-refractivity contribution in [2.24, 2.45) is 0 Å². The molecule has 2 atom stereocenters. The predicted molar refractivity (Wildman–Crippen MR) is 38.0 cm³/mol. The molecular formula is C4H8ClO3P. The van der Waals surface area contributed by atoms with E-state index < -0.39 is 6.16 Å². The summed E-state index contributed by atoms with van der Waals surface area (Å²) in [7, 11) is 2.48. The van der Waals surface area contributed by atoms with Gasteiger partial charge >= 0.3 is 6.16 Å². The van der Waals surface area contributed by atoms with Crippen LogP contribution in [-0.4, -0.2) is 25.0 Å². The van der Waals surface area contributed by atoms with Gasteiger partial charge in [0.1, 0.15) is 12.7 Å². The Bertz CT molecular complexity index is 108. The molecule has 54 valence electrons. The summed E-state index contributed by atoms with van der Waals surface area (Å²) in [4.78, 5) is 10.2. The highest BCUT2D eigenvalue weighted by molar-refractivity contribution is 7.16. The number of hydrogen-bond donors (Lipinski definition) is 0. The fourth-order valence-electron chi connectivity index (χ4n) is 0.481. The minimum absolute atomic E-state index is 0. The van der Waals surface area contributed by atoms with Crippen LogP contribution in [0, 0.1) is 0 Å². The lowest BCUT2D eigenvalue weighted by molar-refractivity contribution is 0.122. The molecule has 3 nitrogen and oxygen atoms in total. The smallest absolute Gasteiger partial charge is 0.430 e. The summed E-state index contributed by atoms with van der Waals surface area (Å²) in [5, 5.41) is 0. The lowest BCUT2D eigenvalue weighted by Gasteiger charge is -1.97. The van der Waals surface area contributed by atoms with E-state index in [2.05, 4.69) is 18.7 Å². The van der Waals surface area contributed by atoms with E-state index in [-0.39, 0.29) is 18.5 Å². The molecule has 0 amide bonds. The van der Waals surface area contributed by atoms with Crippen molar-refractivity contribution in [1.82, 2.24) is 0 Å². The summed E-state index contributed by atoms with van der Waals surface area (Å²) in [6, 6.07) is 0. The van der Waals surface area contributed by atoms with Crippen LogP contribution in [-0.2, 0) is 9.47 Å². The fraction of sp³-hybridized carbons (Fsp3) is 0.750. The van der Waals surface area contributed by atoms with Gasteiger partial charge in [-0.25, -0.2) is 4.79 Å². The molecule has 1 aliphatic heterocycles. The van der Waals surface area contributed by atoms with Crippen LogP contribution >= 0.6 is 21.6 Å². The summed E-state index contributed by atoms with van der Waals surface area (Å²) < 4.78 is 9.11. The Kier molecular flexibility index (Phi) is 3.91. The largest absolute Gasteiger partial charge is 0.508 e. The maximum atomic E-state index is 10.2. The van der Waals surface area contributed by atoms with E-state index in [1.165, 1.54) is 0 Å². The third-order valence-electron chi connectivity index (χ3n) is 0.913. The minimum atomic E-state index is -0.544. The zero-order valence-electron chi connectivity index (χ0n) is 4.70. The first-order valence-electron chi connectivity index (χ1n) is 2.36. The van der Waals surface area contributed by atoms with Gasteiger partial charge in [0.25, 0.3) is 0 Å². The van der Waals surface area contributed by atoms with Gasteiger partial charge in [-0.05, 0) is 0 Å². The molecule has 1 fully saturated rings. The molecule has 1 heterocycles. The third-order valence-corrected chi connectivity index (χ3v) is 1.44. The standard InChI is InChI=1S/C4H7O3P.ClH/c5-4-6-1-3(2-8)7-4;/h3H,1-2,8H2;1H. The Morgan fingerprint density at radius 2 is 2.44 bits per heavy atom. The van der Waals surface area contributed by atoms with Crippen molar-refractivity contribution in [3.8, 4) is 0 Å². The number of ether oxygens (including phenoxy) is 2. The quantitative estimate of drug-likeness (QED) is 0.432. The van der Waals surface area contributed by atoms with E-state index in [9.17, 15) is 4.79 Å². The van der Waals surface area contributed by atoms with Gasteiger partial charge in [-0.3, -0.25) is 0 Å². The SMILES string of the molecule is Cl.O=C1OCC(CP)O1. The summed E-state index contributed by atoms with van der Waals surface area (Å²) >= 11 is 0. The zero-order chi connectivity index (χ0) is 5.98. The van der Waals surface area contributed by atoms with Crippen molar-refractivity contribution in [3.05, 3.63) is 0 Å². The summed E-state index contributed by atoms with van der Waals surface area (Å²) in [5.41, 5.74) is 0. The van der Waals surface area contributed by atoms with E-state index in [0.29, 0.717) is 6.61 Å². The molecule has 9 heavy (non-hydrogen) atoms. The average molecular weight is 171 g/mol. The molecular weight excluding hydrogens is 162 g/mol. The fourth-order valence-corrected chi connectivity index (χ4v) is 0.714. The summed E-state index contributed by atoms with van der Waals surface area (Å²) in [6.45, 7) is 0.405. The van der Waals surface area contributed by atoms with Crippen molar-refractivity contribution in [3.63, 3.8) is 0 Å². The van der Waals surface area contributed by atoms with Crippen LogP contribution in [0.25, 0.3) is 0 Å². The van der Waals surface area contributed by atoms with Gasteiger partial charge in [-0.2, -0.15) is 0 Å². The molecule has 0 bridgehead atoms. The first-order chi connectivity index (χ1) is 3.83. The van der Waals surface area contributed by atoms with Crippen LogP contribution < -0.4 is 0 Å². The Hall–Kier alpha value is -0.0100.